The summed E-state index contributed by atoms with van der Waals surface area (Å²) in [5.74, 6) is 0.287. The Balaban J connectivity index is 1.41. The van der Waals surface area contributed by atoms with E-state index in [0.29, 0.717) is 0 Å². The summed E-state index contributed by atoms with van der Waals surface area (Å²) in [6, 6.07) is 31.3. The fourth-order valence-corrected chi connectivity index (χ4v) is 4.76. The van der Waals surface area contributed by atoms with Crippen LogP contribution in [0, 0.1) is 5.92 Å². The Morgan fingerprint density at radius 1 is 0.710 bits per heavy atom. The van der Waals surface area contributed by atoms with Gasteiger partial charge in [0.2, 0.25) is 5.91 Å². The van der Waals surface area contributed by atoms with Crippen molar-refractivity contribution in [3.05, 3.63) is 108 Å². The average Bonchev–Trinajstić information content (AvgIpc) is 2.83. The molecule has 4 aromatic rings. The second-order valence-corrected chi connectivity index (χ2v) is 8.28. The summed E-state index contributed by atoms with van der Waals surface area (Å²) in [4.78, 5) is 20.0. The van der Waals surface area contributed by atoms with Crippen LogP contribution >= 0.6 is 0 Å². The Hall–Kier alpha value is -3.46. The van der Waals surface area contributed by atoms with Crippen molar-refractivity contribution >= 4 is 22.5 Å². The number of fused-ring (bicyclic) bond motifs is 1. The first-order valence-electron chi connectivity index (χ1n) is 11.1. The molecule has 0 radical (unpaired) electrons. The number of rotatable bonds is 7. The molecular weight excluding hydrogens is 380 g/mol. The maximum Gasteiger partial charge on any atom is 0.232 e. The molecule has 1 saturated heterocycles. The first-order chi connectivity index (χ1) is 15.3. The minimum atomic E-state index is 0.0582. The summed E-state index contributed by atoms with van der Waals surface area (Å²) < 4.78 is 0. The summed E-state index contributed by atoms with van der Waals surface area (Å²) in [7, 11) is 0. The number of pyridine rings is 1. The van der Waals surface area contributed by atoms with Crippen molar-refractivity contribution in [2.75, 3.05) is 4.90 Å². The van der Waals surface area contributed by atoms with Crippen LogP contribution in [0.25, 0.3) is 10.9 Å². The van der Waals surface area contributed by atoms with Crippen LogP contribution in [0.1, 0.15) is 24.0 Å². The normalized spacial score (nSPS) is 18.2. The monoisotopic (exact) mass is 406 g/mol. The van der Waals surface area contributed by atoms with E-state index in [0.717, 1.165) is 42.3 Å². The second kappa shape index (κ2) is 8.73. The van der Waals surface area contributed by atoms with Gasteiger partial charge < -0.3 is 4.90 Å². The van der Waals surface area contributed by atoms with Gasteiger partial charge in [-0.2, -0.15) is 0 Å². The standard InChI is InChI=1S/C28H26N2O/c31-28-24(18-16-21-9-3-1-4-10-21)25(19-17-22-11-5-2-6-12-22)30(28)26-15-7-13-23-14-8-20-29-27(23)26/h1-15,20,24-25H,16-19H2. The van der Waals surface area contributed by atoms with Gasteiger partial charge in [-0.25, -0.2) is 0 Å². The van der Waals surface area contributed by atoms with Crippen molar-refractivity contribution in [2.45, 2.75) is 31.7 Å². The minimum Gasteiger partial charge on any atom is -0.306 e. The zero-order chi connectivity index (χ0) is 21.0. The molecule has 1 aliphatic heterocycles. The molecule has 31 heavy (non-hydrogen) atoms. The van der Waals surface area contributed by atoms with E-state index in [1.54, 1.807) is 0 Å². The summed E-state index contributed by atoms with van der Waals surface area (Å²) in [5.41, 5.74) is 4.46. The number of aromatic nitrogens is 1. The van der Waals surface area contributed by atoms with E-state index in [1.165, 1.54) is 11.1 Å². The molecule has 2 unspecified atom stereocenters. The molecule has 0 spiro atoms. The first-order valence-corrected chi connectivity index (χ1v) is 11.1. The fraction of sp³-hybridized carbons (Fsp3) is 0.214. The van der Waals surface area contributed by atoms with Crippen LogP contribution in [0.5, 0.6) is 0 Å². The van der Waals surface area contributed by atoms with Crippen molar-refractivity contribution in [3.8, 4) is 0 Å². The predicted molar refractivity (Wildman–Crippen MR) is 126 cm³/mol. The summed E-state index contributed by atoms with van der Waals surface area (Å²) >= 11 is 0. The number of benzene rings is 3. The molecule has 0 aliphatic carbocycles. The molecule has 1 amide bonds. The van der Waals surface area contributed by atoms with Crippen molar-refractivity contribution in [1.29, 1.82) is 0 Å². The lowest BCUT2D eigenvalue weighted by Gasteiger charge is -2.48. The van der Waals surface area contributed by atoms with Crippen LogP contribution in [0.4, 0.5) is 5.69 Å². The third-order valence-electron chi connectivity index (χ3n) is 6.38. The molecule has 3 heteroatoms. The molecule has 3 aromatic carbocycles. The van der Waals surface area contributed by atoms with Gasteiger partial charge in [-0.05, 0) is 48.9 Å². The Kier molecular flexibility index (Phi) is 5.49. The van der Waals surface area contributed by atoms with Crippen LogP contribution in [-0.2, 0) is 17.6 Å². The maximum atomic E-state index is 13.3. The van der Waals surface area contributed by atoms with Crippen molar-refractivity contribution in [1.82, 2.24) is 4.98 Å². The van der Waals surface area contributed by atoms with Gasteiger partial charge in [-0.3, -0.25) is 9.78 Å². The number of hydrogen-bond acceptors (Lipinski definition) is 2. The quantitative estimate of drug-likeness (QED) is 0.362. The highest BCUT2D eigenvalue weighted by Gasteiger charge is 2.47. The van der Waals surface area contributed by atoms with E-state index in [-0.39, 0.29) is 17.9 Å². The van der Waals surface area contributed by atoms with Gasteiger partial charge in [-0.1, -0.05) is 78.9 Å². The highest BCUT2D eigenvalue weighted by atomic mass is 16.2. The molecule has 3 nitrogen and oxygen atoms in total. The number of aryl methyl sites for hydroxylation is 2. The van der Waals surface area contributed by atoms with E-state index >= 15 is 0 Å². The smallest absolute Gasteiger partial charge is 0.232 e. The van der Waals surface area contributed by atoms with E-state index in [9.17, 15) is 4.79 Å². The van der Waals surface area contributed by atoms with Gasteiger partial charge in [0.15, 0.2) is 0 Å². The lowest BCUT2D eigenvalue weighted by Crippen LogP contribution is -2.61. The fourth-order valence-electron chi connectivity index (χ4n) is 4.76. The van der Waals surface area contributed by atoms with E-state index in [2.05, 4.69) is 65.6 Å². The first kappa shape index (κ1) is 19.5. The van der Waals surface area contributed by atoms with E-state index in [1.807, 2.05) is 41.4 Å². The topological polar surface area (TPSA) is 33.2 Å². The zero-order valence-corrected chi connectivity index (χ0v) is 17.5. The average molecular weight is 407 g/mol. The molecule has 0 N–H and O–H groups in total. The van der Waals surface area contributed by atoms with E-state index < -0.39 is 0 Å². The third kappa shape index (κ3) is 3.96. The number of carbonyl (C=O) groups is 1. The van der Waals surface area contributed by atoms with Gasteiger partial charge in [0, 0.05) is 17.6 Å². The number of carbonyl (C=O) groups excluding carboxylic acids is 1. The van der Waals surface area contributed by atoms with Gasteiger partial charge in [0.1, 0.15) is 0 Å². The van der Waals surface area contributed by atoms with E-state index in [4.69, 9.17) is 0 Å². The number of nitrogens with zero attached hydrogens (tertiary/aromatic N) is 2. The predicted octanol–water partition coefficient (Wildman–Crippen LogP) is 5.83. The van der Waals surface area contributed by atoms with Gasteiger partial charge in [-0.15, -0.1) is 0 Å². The molecule has 154 valence electrons. The van der Waals surface area contributed by atoms with Crippen LogP contribution in [-0.4, -0.2) is 16.9 Å². The summed E-state index contributed by atoms with van der Waals surface area (Å²) in [5, 5.41) is 1.07. The third-order valence-corrected chi connectivity index (χ3v) is 6.38. The largest absolute Gasteiger partial charge is 0.306 e. The van der Waals surface area contributed by atoms with Gasteiger partial charge in [0.05, 0.1) is 17.1 Å². The second-order valence-electron chi connectivity index (χ2n) is 8.28. The lowest BCUT2D eigenvalue weighted by molar-refractivity contribution is -0.130. The Bertz CT molecular complexity index is 1170. The number of amides is 1. The highest BCUT2D eigenvalue weighted by molar-refractivity contribution is 6.08. The maximum absolute atomic E-state index is 13.3. The Morgan fingerprint density at radius 2 is 1.35 bits per heavy atom. The molecule has 1 aromatic heterocycles. The SMILES string of the molecule is O=C1C(CCc2ccccc2)C(CCc2ccccc2)N1c1cccc2cccnc12. The molecule has 5 rings (SSSR count). The number of β-lactam (4-membered cyclic amide) rings is 1. The minimum absolute atomic E-state index is 0.0582. The van der Waals surface area contributed by atoms with Crippen LogP contribution in [0.2, 0.25) is 0 Å². The zero-order valence-electron chi connectivity index (χ0n) is 17.5. The Morgan fingerprint density at radius 3 is 2.06 bits per heavy atom. The molecular formula is C28H26N2O. The molecule has 1 fully saturated rings. The molecule has 1 aliphatic rings. The highest BCUT2D eigenvalue weighted by Crippen LogP contribution is 2.40. The Labute approximate surface area is 183 Å². The molecule has 2 atom stereocenters. The van der Waals surface area contributed by atoms with Crippen molar-refractivity contribution in [3.63, 3.8) is 0 Å². The molecule has 0 bridgehead atoms. The van der Waals surface area contributed by atoms with Crippen molar-refractivity contribution in [2.24, 2.45) is 5.92 Å². The van der Waals surface area contributed by atoms with Crippen molar-refractivity contribution < 1.29 is 4.79 Å². The lowest BCUT2D eigenvalue weighted by atomic mass is 9.79. The van der Waals surface area contributed by atoms with Crippen LogP contribution < -0.4 is 4.90 Å². The summed E-state index contributed by atoms with van der Waals surface area (Å²) in [6.45, 7) is 0. The van der Waals surface area contributed by atoms with Crippen LogP contribution in [0.3, 0.4) is 0 Å². The summed E-state index contributed by atoms with van der Waals surface area (Å²) in [6.07, 6.45) is 5.55. The molecule has 0 saturated carbocycles. The van der Waals surface area contributed by atoms with Crippen LogP contribution in [0.15, 0.2) is 97.2 Å². The van der Waals surface area contributed by atoms with Gasteiger partial charge >= 0.3 is 0 Å². The molecule has 2 heterocycles. The van der Waals surface area contributed by atoms with Gasteiger partial charge in [0.25, 0.3) is 0 Å². The number of anilines is 1. The number of para-hydroxylation sites is 1. The number of hydrogen-bond donors (Lipinski definition) is 0.